The van der Waals surface area contributed by atoms with Crippen molar-refractivity contribution in [2.75, 3.05) is 0 Å². The average Bonchev–Trinajstić information content (AvgIpc) is 2.23. The summed E-state index contributed by atoms with van der Waals surface area (Å²) in [5.41, 5.74) is 2.13. The molecule has 0 heterocycles. The lowest BCUT2D eigenvalue weighted by molar-refractivity contribution is -0.385. The molecule has 0 aromatic heterocycles. The molecule has 0 atom stereocenters. The summed E-state index contributed by atoms with van der Waals surface area (Å²) in [6.07, 6.45) is 3.42. The Morgan fingerprint density at radius 3 is 2.53 bits per heavy atom. The lowest BCUT2D eigenvalue weighted by atomic mass is 9.87. The van der Waals surface area contributed by atoms with Crippen LogP contribution in [0.3, 0.4) is 0 Å². The van der Waals surface area contributed by atoms with Crippen LogP contribution < -0.4 is 0 Å². The first-order valence-electron chi connectivity index (χ1n) is 5.06. The van der Waals surface area contributed by atoms with Gasteiger partial charge in [-0.05, 0) is 43.7 Å². The third kappa shape index (κ3) is 1.60. The molecule has 0 aliphatic heterocycles. The molecule has 1 aliphatic rings. The Hall–Kier alpha value is -1.45. The summed E-state index contributed by atoms with van der Waals surface area (Å²) >= 11 is 0. The van der Waals surface area contributed by atoms with Crippen molar-refractivity contribution in [2.45, 2.75) is 32.6 Å². The van der Waals surface area contributed by atoms with Gasteiger partial charge in [0.05, 0.1) is 11.0 Å². The van der Waals surface area contributed by atoms with Gasteiger partial charge >= 0.3 is 0 Å². The zero-order valence-corrected chi connectivity index (χ0v) is 8.55. The number of benzene rings is 1. The van der Waals surface area contributed by atoms with Crippen molar-refractivity contribution >= 4 is 5.69 Å². The Labute approximate surface area is 87.1 Å². The standard InChI is InChI=1S/C11H12FNO2/c1-7-8-4-2-3-5-9(8)11(13(14)15)6-10(7)12/h6H,2-5H2,1H3. The zero-order chi connectivity index (χ0) is 11.0. The molecule has 0 N–H and O–H groups in total. The zero-order valence-electron chi connectivity index (χ0n) is 8.55. The van der Waals surface area contributed by atoms with Crippen LogP contribution in [0.1, 0.15) is 29.5 Å². The maximum absolute atomic E-state index is 13.4. The van der Waals surface area contributed by atoms with Crippen LogP contribution in [0.4, 0.5) is 10.1 Å². The molecule has 0 saturated carbocycles. The number of rotatable bonds is 1. The van der Waals surface area contributed by atoms with Gasteiger partial charge in [-0.15, -0.1) is 0 Å². The molecule has 0 radical (unpaired) electrons. The van der Waals surface area contributed by atoms with Gasteiger partial charge in [0.25, 0.3) is 5.69 Å². The highest BCUT2D eigenvalue weighted by Crippen LogP contribution is 2.33. The summed E-state index contributed by atoms with van der Waals surface area (Å²) in [4.78, 5) is 10.3. The van der Waals surface area contributed by atoms with Crippen LogP contribution in [0.5, 0.6) is 0 Å². The molecule has 80 valence electrons. The van der Waals surface area contributed by atoms with Gasteiger partial charge in [-0.2, -0.15) is 0 Å². The highest BCUT2D eigenvalue weighted by molar-refractivity contribution is 5.51. The topological polar surface area (TPSA) is 43.1 Å². The summed E-state index contributed by atoms with van der Waals surface area (Å²) in [6.45, 7) is 1.70. The molecule has 0 spiro atoms. The maximum Gasteiger partial charge on any atom is 0.275 e. The lowest BCUT2D eigenvalue weighted by Crippen LogP contribution is -2.09. The molecule has 3 nitrogen and oxygen atoms in total. The fraction of sp³-hybridized carbons (Fsp3) is 0.455. The van der Waals surface area contributed by atoms with E-state index < -0.39 is 10.7 Å². The number of hydrogen-bond donors (Lipinski definition) is 0. The second kappa shape index (κ2) is 3.61. The Morgan fingerprint density at radius 1 is 1.33 bits per heavy atom. The highest BCUT2D eigenvalue weighted by atomic mass is 19.1. The molecule has 15 heavy (non-hydrogen) atoms. The lowest BCUT2D eigenvalue weighted by Gasteiger charge is -2.18. The van der Waals surface area contributed by atoms with Crippen molar-refractivity contribution in [1.29, 1.82) is 0 Å². The van der Waals surface area contributed by atoms with Crippen LogP contribution >= 0.6 is 0 Å². The first kappa shape index (κ1) is 10.1. The van der Waals surface area contributed by atoms with Crippen molar-refractivity contribution in [2.24, 2.45) is 0 Å². The van der Waals surface area contributed by atoms with Crippen LogP contribution in [0.2, 0.25) is 0 Å². The monoisotopic (exact) mass is 209 g/mol. The van der Waals surface area contributed by atoms with E-state index in [1.165, 1.54) is 0 Å². The number of fused-ring (bicyclic) bond motifs is 1. The summed E-state index contributed by atoms with van der Waals surface area (Å²) < 4.78 is 13.4. The third-order valence-corrected chi connectivity index (χ3v) is 3.05. The van der Waals surface area contributed by atoms with Gasteiger partial charge in [-0.1, -0.05) is 0 Å². The number of nitrogens with zero attached hydrogens (tertiary/aromatic N) is 1. The Balaban J connectivity index is 2.67. The molecular formula is C11H12FNO2. The van der Waals surface area contributed by atoms with E-state index in [4.69, 9.17) is 0 Å². The molecule has 0 unspecified atom stereocenters. The van der Waals surface area contributed by atoms with Gasteiger partial charge in [-0.3, -0.25) is 10.1 Å². The molecular weight excluding hydrogens is 197 g/mol. The van der Waals surface area contributed by atoms with E-state index in [2.05, 4.69) is 0 Å². The van der Waals surface area contributed by atoms with E-state index in [0.717, 1.165) is 36.5 Å². The molecule has 4 heteroatoms. The van der Waals surface area contributed by atoms with Gasteiger partial charge in [0.15, 0.2) is 0 Å². The normalized spacial score (nSPS) is 14.8. The number of nitro groups is 1. The van der Waals surface area contributed by atoms with Gasteiger partial charge in [-0.25, -0.2) is 4.39 Å². The van der Waals surface area contributed by atoms with E-state index in [-0.39, 0.29) is 5.69 Å². The summed E-state index contributed by atoms with van der Waals surface area (Å²) in [5.74, 6) is -0.456. The van der Waals surface area contributed by atoms with E-state index in [0.29, 0.717) is 12.0 Å². The molecule has 0 bridgehead atoms. The van der Waals surface area contributed by atoms with E-state index in [9.17, 15) is 14.5 Å². The second-order valence-electron chi connectivity index (χ2n) is 3.92. The van der Waals surface area contributed by atoms with Crippen LogP contribution in [-0.2, 0) is 12.8 Å². The SMILES string of the molecule is Cc1c(F)cc([N+](=O)[O-])c2c1CCCC2. The van der Waals surface area contributed by atoms with Crippen LogP contribution in [0.15, 0.2) is 6.07 Å². The van der Waals surface area contributed by atoms with Crippen molar-refractivity contribution in [3.8, 4) is 0 Å². The summed E-state index contributed by atoms with van der Waals surface area (Å²) in [7, 11) is 0. The van der Waals surface area contributed by atoms with Crippen molar-refractivity contribution in [3.05, 3.63) is 38.7 Å². The van der Waals surface area contributed by atoms with Crippen molar-refractivity contribution < 1.29 is 9.31 Å². The van der Waals surface area contributed by atoms with E-state index >= 15 is 0 Å². The fourth-order valence-electron chi connectivity index (χ4n) is 2.22. The van der Waals surface area contributed by atoms with Crippen LogP contribution in [0, 0.1) is 22.9 Å². The van der Waals surface area contributed by atoms with Gasteiger partial charge in [0.2, 0.25) is 0 Å². The minimum absolute atomic E-state index is 0.0483. The highest BCUT2D eigenvalue weighted by Gasteiger charge is 2.24. The van der Waals surface area contributed by atoms with Gasteiger partial charge in [0.1, 0.15) is 5.82 Å². The quantitative estimate of drug-likeness (QED) is 0.527. The van der Waals surface area contributed by atoms with Crippen molar-refractivity contribution in [1.82, 2.24) is 0 Å². The minimum Gasteiger partial charge on any atom is -0.258 e. The largest absolute Gasteiger partial charge is 0.275 e. The predicted molar refractivity (Wildman–Crippen MR) is 54.4 cm³/mol. The van der Waals surface area contributed by atoms with Gasteiger partial charge in [0, 0.05) is 5.56 Å². The summed E-state index contributed by atoms with van der Waals surface area (Å²) in [5, 5.41) is 10.8. The molecule has 2 rings (SSSR count). The van der Waals surface area contributed by atoms with E-state index in [1.807, 2.05) is 0 Å². The third-order valence-electron chi connectivity index (χ3n) is 3.05. The smallest absolute Gasteiger partial charge is 0.258 e. The van der Waals surface area contributed by atoms with Crippen LogP contribution in [-0.4, -0.2) is 4.92 Å². The number of halogens is 1. The molecule has 1 aromatic rings. The Bertz CT molecular complexity index is 429. The minimum atomic E-state index is -0.479. The number of nitro benzene ring substituents is 1. The first-order valence-corrected chi connectivity index (χ1v) is 5.06. The molecule has 1 aromatic carbocycles. The predicted octanol–water partition coefficient (Wildman–Crippen LogP) is 2.92. The first-order chi connectivity index (χ1) is 7.11. The number of hydrogen-bond acceptors (Lipinski definition) is 2. The van der Waals surface area contributed by atoms with Crippen LogP contribution in [0.25, 0.3) is 0 Å². The fourth-order valence-corrected chi connectivity index (χ4v) is 2.22. The Morgan fingerprint density at radius 2 is 1.93 bits per heavy atom. The average molecular weight is 209 g/mol. The van der Waals surface area contributed by atoms with Crippen molar-refractivity contribution in [3.63, 3.8) is 0 Å². The molecule has 0 fully saturated rings. The van der Waals surface area contributed by atoms with E-state index in [1.54, 1.807) is 6.92 Å². The molecule has 0 saturated heterocycles. The maximum atomic E-state index is 13.4. The Kier molecular flexibility index (Phi) is 2.42. The second-order valence-corrected chi connectivity index (χ2v) is 3.92. The summed E-state index contributed by atoms with van der Waals surface area (Å²) in [6, 6.07) is 1.06. The molecule has 0 amide bonds. The van der Waals surface area contributed by atoms with Gasteiger partial charge < -0.3 is 0 Å². The molecule has 1 aliphatic carbocycles.